The molecule has 4 aromatic rings. The normalized spacial score (nSPS) is 12.0. The molecule has 190 valence electrons. The highest BCUT2D eigenvalue weighted by molar-refractivity contribution is 5.51. The molecule has 2 N–H and O–H groups in total. The molecule has 0 radical (unpaired) electrons. The van der Waals surface area contributed by atoms with Crippen molar-refractivity contribution in [2.75, 3.05) is 32.7 Å². The molecule has 0 saturated carbocycles. The zero-order chi connectivity index (χ0) is 25.7. The molecule has 0 aliphatic rings. The second kappa shape index (κ2) is 11.3. The van der Waals surface area contributed by atoms with E-state index in [-0.39, 0.29) is 17.7 Å². The molecule has 4 rings (SSSR count). The molecule has 0 amide bonds. The number of hydrogen-bond acceptors (Lipinski definition) is 6. The fourth-order valence-electron chi connectivity index (χ4n) is 4.18. The lowest BCUT2D eigenvalue weighted by atomic mass is 10.1. The number of nitrogens with one attached hydrogen (secondary N) is 1. The van der Waals surface area contributed by atoms with Gasteiger partial charge >= 0.3 is 0 Å². The van der Waals surface area contributed by atoms with Crippen LogP contribution in [0.25, 0.3) is 5.69 Å². The summed E-state index contributed by atoms with van der Waals surface area (Å²) in [7, 11) is 3.29. The number of methoxy groups -OCH3 is 2. The van der Waals surface area contributed by atoms with Gasteiger partial charge in [0.1, 0.15) is 17.3 Å². The fraction of sp³-hybridized carbons (Fsp3) is 0.333. The van der Waals surface area contributed by atoms with Gasteiger partial charge in [0, 0.05) is 32.9 Å². The zero-order valence-corrected chi connectivity index (χ0v) is 21.0. The second-order valence-corrected chi connectivity index (χ2v) is 8.68. The van der Waals surface area contributed by atoms with Gasteiger partial charge in [0.2, 0.25) is 11.8 Å². The van der Waals surface area contributed by atoms with Crippen LogP contribution in [0.5, 0.6) is 11.6 Å². The van der Waals surface area contributed by atoms with Gasteiger partial charge in [-0.05, 0) is 55.7 Å². The van der Waals surface area contributed by atoms with Gasteiger partial charge in [-0.1, -0.05) is 18.2 Å². The maximum Gasteiger partial charge on any atom is 0.217 e. The number of halogens is 1. The first-order valence-electron chi connectivity index (χ1n) is 11.9. The monoisotopic (exact) mass is 493 g/mol. The summed E-state index contributed by atoms with van der Waals surface area (Å²) >= 11 is 0. The van der Waals surface area contributed by atoms with Crippen LogP contribution in [-0.4, -0.2) is 51.6 Å². The molecular weight excluding hydrogens is 461 g/mol. The molecule has 2 aromatic carbocycles. The van der Waals surface area contributed by atoms with E-state index in [1.54, 1.807) is 37.2 Å². The Morgan fingerprint density at radius 2 is 1.92 bits per heavy atom. The Morgan fingerprint density at radius 1 is 1.14 bits per heavy atom. The Balaban J connectivity index is 1.65. The minimum atomic E-state index is -0.303. The topological polar surface area (TPSA) is 86.4 Å². The van der Waals surface area contributed by atoms with Gasteiger partial charge in [0.25, 0.3) is 0 Å². The third-order valence-electron chi connectivity index (χ3n) is 6.11. The summed E-state index contributed by atoms with van der Waals surface area (Å²) in [6.07, 6.45) is 4.88. The van der Waals surface area contributed by atoms with Crippen molar-refractivity contribution in [1.82, 2.24) is 19.1 Å². The van der Waals surface area contributed by atoms with E-state index in [1.165, 1.54) is 12.1 Å². The highest BCUT2D eigenvalue weighted by atomic mass is 19.1. The Labute approximate surface area is 210 Å². The number of imidazole rings is 2. The van der Waals surface area contributed by atoms with Gasteiger partial charge in [-0.15, -0.1) is 0 Å². The number of anilines is 1. The van der Waals surface area contributed by atoms with Crippen molar-refractivity contribution in [2.24, 2.45) is 0 Å². The van der Waals surface area contributed by atoms with E-state index in [1.807, 2.05) is 42.8 Å². The molecule has 0 aliphatic carbocycles. The molecule has 2 aromatic heterocycles. The number of benzene rings is 2. The summed E-state index contributed by atoms with van der Waals surface area (Å²) in [6.45, 7) is 5.13. The number of aryl methyl sites for hydroxylation is 1. The molecule has 0 saturated heterocycles. The lowest BCUT2D eigenvalue weighted by Gasteiger charge is -2.18. The lowest BCUT2D eigenvalue weighted by Crippen LogP contribution is -2.14. The smallest absolute Gasteiger partial charge is 0.217 e. The largest absolute Gasteiger partial charge is 0.495 e. The van der Waals surface area contributed by atoms with Crippen LogP contribution < -0.4 is 10.1 Å². The summed E-state index contributed by atoms with van der Waals surface area (Å²) < 4.78 is 27.9. The van der Waals surface area contributed by atoms with E-state index in [9.17, 15) is 9.50 Å². The SMILES string of the molecule is COCCCNc1nc(Cc2ccc(-n3cnc(C)c3)c(OC)c2)c(O)n1C(C)c1ccc(F)cc1. The average Bonchev–Trinajstić information content (AvgIpc) is 3.44. The molecule has 9 heteroatoms. The van der Waals surface area contributed by atoms with Crippen molar-refractivity contribution >= 4 is 5.95 Å². The van der Waals surface area contributed by atoms with Gasteiger partial charge in [0.05, 0.1) is 30.9 Å². The van der Waals surface area contributed by atoms with Crippen LogP contribution in [0.3, 0.4) is 0 Å². The van der Waals surface area contributed by atoms with Crippen molar-refractivity contribution in [3.05, 3.63) is 83.3 Å². The second-order valence-electron chi connectivity index (χ2n) is 8.68. The molecule has 1 atom stereocenters. The molecule has 2 heterocycles. The highest BCUT2D eigenvalue weighted by Crippen LogP contribution is 2.33. The third kappa shape index (κ3) is 5.52. The predicted molar refractivity (Wildman–Crippen MR) is 137 cm³/mol. The van der Waals surface area contributed by atoms with Crippen LogP contribution in [0, 0.1) is 12.7 Å². The number of aromatic hydroxyl groups is 1. The lowest BCUT2D eigenvalue weighted by molar-refractivity contribution is 0.197. The Hall–Kier alpha value is -3.85. The molecule has 0 fully saturated rings. The average molecular weight is 494 g/mol. The van der Waals surface area contributed by atoms with Crippen molar-refractivity contribution in [1.29, 1.82) is 0 Å². The number of ether oxygens (including phenoxy) is 2. The summed E-state index contributed by atoms with van der Waals surface area (Å²) in [4.78, 5) is 9.03. The molecule has 0 spiro atoms. The van der Waals surface area contributed by atoms with Crippen LogP contribution in [0.2, 0.25) is 0 Å². The molecular formula is C27H32FN5O3. The van der Waals surface area contributed by atoms with Crippen molar-refractivity contribution in [2.45, 2.75) is 32.7 Å². The quantitative estimate of drug-likeness (QED) is 0.290. The van der Waals surface area contributed by atoms with Gasteiger partial charge < -0.3 is 24.5 Å². The van der Waals surface area contributed by atoms with E-state index in [0.717, 1.165) is 28.9 Å². The summed E-state index contributed by atoms with van der Waals surface area (Å²) in [5.74, 6) is 1.01. The predicted octanol–water partition coefficient (Wildman–Crippen LogP) is 4.88. The van der Waals surface area contributed by atoms with Crippen LogP contribution in [-0.2, 0) is 11.2 Å². The summed E-state index contributed by atoms with van der Waals surface area (Å²) in [5.41, 5.74) is 4.12. The number of aromatic nitrogens is 4. The van der Waals surface area contributed by atoms with E-state index in [2.05, 4.69) is 10.3 Å². The molecule has 8 nitrogen and oxygen atoms in total. The highest BCUT2D eigenvalue weighted by Gasteiger charge is 2.22. The molecule has 1 unspecified atom stereocenters. The zero-order valence-electron chi connectivity index (χ0n) is 21.0. The van der Waals surface area contributed by atoms with Gasteiger partial charge in [-0.25, -0.2) is 14.4 Å². The minimum Gasteiger partial charge on any atom is -0.495 e. The Kier molecular flexibility index (Phi) is 7.90. The first-order chi connectivity index (χ1) is 17.4. The standard InChI is InChI=1S/C27H32FN5O3/c1-18-16-32(17-30-18)24-11-6-20(15-25(24)36-4)14-23-26(34)33(27(31-23)29-12-5-13-35-3)19(2)21-7-9-22(28)10-8-21/h6-11,15-17,19,34H,5,12-14H2,1-4H3,(H,29,31). The minimum absolute atomic E-state index is 0.0642. The van der Waals surface area contributed by atoms with Gasteiger partial charge in [-0.3, -0.25) is 4.57 Å². The van der Waals surface area contributed by atoms with E-state index in [0.29, 0.717) is 37.0 Å². The number of hydrogen-bond donors (Lipinski definition) is 2. The van der Waals surface area contributed by atoms with Crippen molar-refractivity contribution in [3.63, 3.8) is 0 Å². The molecule has 0 aliphatic heterocycles. The Bertz CT molecular complexity index is 1300. The molecule has 36 heavy (non-hydrogen) atoms. The third-order valence-corrected chi connectivity index (χ3v) is 6.11. The Morgan fingerprint density at radius 3 is 2.58 bits per heavy atom. The fourth-order valence-corrected chi connectivity index (χ4v) is 4.18. The number of nitrogens with zero attached hydrogens (tertiary/aromatic N) is 4. The first kappa shape index (κ1) is 25.2. The van der Waals surface area contributed by atoms with Crippen molar-refractivity contribution in [3.8, 4) is 17.3 Å². The summed E-state index contributed by atoms with van der Waals surface area (Å²) in [6, 6.07) is 11.9. The first-order valence-corrected chi connectivity index (χ1v) is 11.9. The van der Waals surface area contributed by atoms with Gasteiger partial charge in [0.15, 0.2) is 0 Å². The van der Waals surface area contributed by atoms with Crippen LogP contribution in [0.4, 0.5) is 10.3 Å². The summed E-state index contributed by atoms with van der Waals surface area (Å²) in [5, 5.41) is 14.6. The van der Waals surface area contributed by atoms with Crippen LogP contribution >= 0.6 is 0 Å². The van der Waals surface area contributed by atoms with E-state index >= 15 is 0 Å². The van der Waals surface area contributed by atoms with E-state index < -0.39 is 0 Å². The van der Waals surface area contributed by atoms with Gasteiger partial charge in [-0.2, -0.15) is 0 Å². The van der Waals surface area contributed by atoms with Crippen LogP contribution in [0.1, 0.15) is 41.9 Å². The number of rotatable bonds is 11. The van der Waals surface area contributed by atoms with Crippen molar-refractivity contribution < 1.29 is 19.0 Å². The maximum atomic E-state index is 13.5. The van der Waals surface area contributed by atoms with E-state index in [4.69, 9.17) is 14.5 Å². The van der Waals surface area contributed by atoms with Crippen LogP contribution in [0.15, 0.2) is 55.0 Å². The maximum absolute atomic E-state index is 13.5. The molecule has 0 bridgehead atoms.